The molecule has 0 spiro atoms. The largest absolute Gasteiger partial charge is 0.633 e. The van der Waals surface area contributed by atoms with E-state index in [1.54, 1.807) is 16.6 Å². The Morgan fingerprint density at radius 1 is 1.13 bits per heavy atom. The number of hydrogen-bond donors (Lipinski definition) is 2. The minimum absolute atomic E-state index is 0.268. The molecule has 1 fully saturated rings. The van der Waals surface area contributed by atoms with Crippen molar-refractivity contribution in [1.29, 1.82) is 0 Å². The number of hydroxylamine groups is 3. The average molecular weight is 567 g/mol. The molecule has 2 N–H and O–H groups in total. The fourth-order valence-corrected chi connectivity index (χ4v) is 5.95. The number of nitrogens with zero attached hydrogens (tertiary/aromatic N) is 6. The van der Waals surface area contributed by atoms with Crippen LogP contribution in [-0.2, 0) is 4.74 Å². The number of thiazole rings is 1. The number of ether oxygens (including phenoxy) is 1. The van der Waals surface area contributed by atoms with E-state index in [-0.39, 0.29) is 17.0 Å². The van der Waals surface area contributed by atoms with Crippen LogP contribution in [0.15, 0.2) is 64.6 Å². The Morgan fingerprint density at radius 3 is 2.77 bits per heavy atom. The van der Waals surface area contributed by atoms with Gasteiger partial charge in [0.15, 0.2) is 10.8 Å². The van der Waals surface area contributed by atoms with E-state index >= 15 is 0 Å². The molecule has 14 heteroatoms. The van der Waals surface area contributed by atoms with Crippen LogP contribution in [0.4, 0.5) is 14.3 Å². The molecule has 1 saturated heterocycles. The van der Waals surface area contributed by atoms with Crippen LogP contribution in [-0.4, -0.2) is 74.9 Å². The van der Waals surface area contributed by atoms with E-state index in [1.807, 2.05) is 30.3 Å². The number of nitrogens with one attached hydrogen (secondary N) is 2. The molecule has 0 bridgehead atoms. The molecule has 0 unspecified atom stereocenters. The number of rotatable bonds is 7. The van der Waals surface area contributed by atoms with Gasteiger partial charge in [0, 0.05) is 10.5 Å². The van der Waals surface area contributed by atoms with Crippen LogP contribution in [0.2, 0.25) is 0 Å². The first kappa shape index (κ1) is 25.6. The zero-order valence-electron chi connectivity index (χ0n) is 20.5. The van der Waals surface area contributed by atoms with E-state index in [2.05, 4.69) is 30.9 Å². The third-order valence-electron chi connectivity index (χ3n) is 6.25. The van der Waals surface area contributed by atoms with Crippen LogP contribution < -0.4 is 10.6 Å². The summed E-state index contributed by atoms with van der Waals surface area (Å²) in [5, 5.41) is 32.2. The van der Waals surface area contributed by atoms with Crippen molar-refractivity contribution in [3.8, 4) is 11.3 Å². The maximum Gasteiger partial charge on any atom is 0.321 e. The van der Waals surface area contributed by atoms with Crippen LogP contribution in [0, 0.1) is 11.0 Å². The molecule has 0 atom stereocenters. The van der Waals surface area contributed by atoms with Crippen LogP contribution in [0.3, 0.4) is 0 Å². The summed E-state index contributed by atoms with van der Waals surface area (Å²) in [4.78, 5) is 17.7. The van der Waals surface area contributed by atoms with Gasteiger partial charge in [-0.25, -0.2) is 14.2 Å². The van der Waals surface area contributed by atoms with Crippen molar-refractivity contribution >= 4 is 50.1 Å². The van der Waals surface area contributed by atoms with Gasteiger partial charge in [-0.1, -0.05) is 11.3 Å². The molecule has 2 aromatic carbocycles. The van der Waals surface area contributed by atoms with Crippen LogP contribution in [0.5, 0.6) is 0 Å². The number of quaternary nitrogens is 1. The Morgan fingerprint density at radius 2 is 1.95 bits per heavy atom. The van der Waals surface area contributed by atoms with Crippen LogP contribution >= 0.6 is 23.1 Å². The quantitative estimate of drug-likeness (QED) is 0.222. The van der Waals surface area contributed by atoms with Gasteiger partial charge < -0.3 is 19.9 Å². The van der Waals surface area contributed by atoms with E-state index in [4.69, 9.17) is 4.74 Å². The normalized spacial score (nSPS) is 15.0. The van der Waals surface area contributed by atoms with Crippen molar-refractivity contribution in [3.63, 3.8) is 0 Å². The molecule has 39 heavy (non-hydrogen) atoms. The minimum atomic E-state index is -0.401. The van der Waals surface area contributed by atoms with Crippen LogP contribution in [0.1, 0.15) is 0 Å². The number of carbonyl (C=O) groups excluding carboxylic acids is 1. The number of aromatic nitrogens is 5. The van der Waals surface area contributed by atoms with Gasteiger partial charge >= 0.3 is 6.03 Å². The Kier molecular flexibility index (Phi) is 7.10. The molecule has 0 radical (unpaired) electrons. The van der Waals surface area contributed by atoms with Crippen molar-refractivity contribution in [2.24, 2.45) is 0 Å². The highest BCUT2D eigenvalue weighted by molar-refractivity contribution is 7.99. The smallest absolute Gasteiger partial charge is 0.321 e. The standard InChI is InChI=1S/C25H23FN8O3S2/c26-17-3-1-16(2-4-17)19-7-8-22-30-31-25(33(22)32-19)38-18-5-6-20-21(15-18)39-24(28-20)29-23(35)27-9-10-34(36)11-13-37-14-12-34/h1-8,15H,9-14H2,(H2,27,28,29,35). The van der Waals surface area contributed by atoms with E-state index < -0.39 is 6.03 Å². The minimum Gasteiger partial charge on any atom is -0.633 e. The average Bonchev–Trinajstić information content (AvgIpc) is 3.52. The third-order valence-corrected chi connectivity index (χ3v) is 8.12. The van der Waals surface area contributed by atoms with Crippen molar-refractivity contribution in [2.45, 2.75) is 10.1 Å². The number of anilines is 1. The van der Waals surface area contributed by atoms with E-state index in [9.17, 15) is 14.4 Å². The predicted octanol–water partition coefficient (Wildman–Crippen LogP) is 4.16. The van der Waals surface area contributed by atoms with Crippen LogP contribution in [0.25, 0.3) is 27.1 Å². The molecule has 6 rings (SSSR count). The molecule has 0 aliphatic carbocycles. The summed E-state index contributed by atoms with van der Waals surface area (Å²) in [5.41, 5.74) is 2.81. The van der Waals surface area contributed by atoms with E-state index in [1.165, 1.54) is 35.2 Å². The summed E-state index contributed by atoms with van der Waals surface area (Å²) in [7, 11) is 0. The molecule has 0 saturated carbocycles. The fourth-order valence-electron chi connectivity index (χ4n) is 4.15. The number of benzene rings is 2. The second kappa shape index (κ2) is 10.8. The van der Waals surface area contributed by atoms with E-state index in [0.717, 1.165) is 20.7 Å². The first-order valence-corrected chi connectivity index (χ1v) is 13.8. The van der Waals surface area contributed by atoms with Gasteiger partial charge in [-0.15, -0.1) is 10.2 Å². The zero-order valence-corrected chi connectivity index (χ0v) is 22.2. The van der Waals surface area contributed by atoms with Gasteiger partial charge in [0.25, 0.3) is 0 Å². The van der Waals surface area contributed by atoms with Crippen molar-refractivity contribution < 1.29 is 18.6 Å². The van der Waals surface area contributed by atoms with Gasteiger partial charge in [-0.05, 0) is 66.4 Å². The number of fused-ring (bicyclic) bond motifs is 2. The monoisotopic (exact) mass is 566 g/mol. The SMILES string of the molecule is O=C(NCC[N+]1([O-])CCOCC1)Nc1nc2ccc(Sc3nnc4ccc(-c5ccc(F)cc5)nn34)cc2s1. The lowest BCUT2D eigenvalue weighted by Gasteiger charge is -2.45. The number of amides is 2. The summed E-state index contributed by atoms with van der Waals surface area (Å²) in [5.74, 6) is -0.306. The van der Waals surface area contributed by atoms with Gasteiger partial charge in [-0.3, -0.25) is 5.32 Å². The summed E-state index contributed by atoms with van der Waals surface area (Å²) in [6.45, 7) is 2.26. The van der Waals surface area contributed by atoms with Gasteiger partial charge in [0.2, 0.25) is 5.16 Å². The second-order valence-corrected chi connectivity index (χ2v) is 11.0. The Hall–Kier alpha value is -3.69. The number of hydrogen-bond acceptors (Lipinski definition) is 9. The number of halogens is 1. The molecule has 2 amide bonds. The Labute approximate surface area is 230 Å². The lowest BCUT2D eigenvalue weighted by Crippen LogP contribution is -2.53. The third kappa shape index (κ3) is 5.84. The van der Waals surface area contributed by atoms with Crippen molar-refractivity contribution in [1.82, 2.24) is 30.1 Å². The first-order valence-electron chi connectivity index (χ1n) is 12.2. The highest BCUT2D eigenvalue weighted by Gasteiger charge is 2.21. The molecule has 4 heterocycles. The lowest BCUT2D eigenvalue weighted by atomic mass is 10.1. The van der Waals surface area contributed by atoms with Crippen molar-refractivity contribution in [2.75, 3.05) is 44.7 Å². The Bertz CT molecular complexity index is 1640. The van der Waals surface area contributed by atoms with Gasteiger partial charge in [0.05, 0.1) is 42.2 Å². The summed E-state index contributed by atoms with van der Waals surface area (Å²) < 4.78 is 20.7. The van der Waals surface area contributed by atoms with Gasteiger partial charge in [-0.2, -0.15) is 9.61 Å². The Balaban J connectivity index is 1.12. The second-order valence-electron chi connectivity index (χ2n) is 8.95. The number of morpholine rings is 1. The highest BCUT2D eigenvalue weighted by atomic mass is 32.2. The molecule has 11 nitrogen and oxygen atoms in total. The maximum absolute atomic E-state index is 13.3. The molecule has 1 aliphatic heterocycles. The highest BCUT2D eigenvalue weighted by Crippen LogP contribution is 2.33. The summed E-state index contributed by atoms with van der Waals surface area (Å²) in [6.07, 6.45) is 0. The van der Waals surface area contributed by atoms with Crippen molar-refractivity contribution in [3.05, 3.63) is 65.6 Å². The molecule has 1 aliphatic rings. The maximum atomic E-state index is 13.3. The molecule has 5 aromatic rings. The number of carbonyl (C=O) groups is 1. The zero-order chi connectivity index (χ0) is 26.8. The molecule has 200 valence electrons. The first-order chi connectivity index (χ1) is 18.9. The molecular weight excluding hydrogens is 543 g/mol. The summed E-state index contributed by atoms with van der Waals surface area (Å²) in [6, 6.07) is 15.1. The molecular formula is C25H23FN8O3S2. The summed E-state index contributed by atoms with van der Waals surface area (Å²) >= 11 is 2.75. The van der Waals surface area contributed by atoms with Gasteiger partial charge in [0.1, 0.15) is 18.9 Å². The lowest BCUT2D eigenvalue weighted by molar-refractivity contribution is -0.887. The fraction of sp³-hybridized carbons (Fsp3) is 0.240. The molecule has 3 aromatic heterocycles. The topological polar surface area (TPSA) is 129 Å². The predicted molar refractivity (Wildman–Crippen MR) is 146 cm³/mol. The number of urea groups is 1. The van der Waals surface area contributed by atoms with E-state index in [0.29, 0.717) is 54.5 Å².